The van der Waals surface area contributed by atoms with Gasteiger partial charge in [-0.05, 0) is 56.1 Å². The molecule has 0 bridgehead atoms. The van der Waals surface area contributed by atoms with Crippen molar-refractivity contribution in [3.63, 3.8) is 0 Å². The summed E-state index contributed by atoms with van der Waals surface area (Å²) in [5.74, 6) is -0.354. The molecule has 0 unspecified atom stereocenters. The molecule has 0 aliphatic rings. The number of carbonyl (C=O) groups excluding carboxylic acids is 1. The second-order valence-electron chi connectivity index (χ2n) is 8.98. The van der Waals surface area contributed by atoms with Crippen molar-refractivity contribution in [2.75, 3.05) is 20.3 Å². The summed E-state index contributed by atoms with van der Waals surface area (Å²) in [4.78, 5) is 21.1. The standard InChI is InChI=1S/C23H34N2O4Si/c1-15-18(11-10-12-19(15)21(26)27-7)20-16(2)24-22(25-17(20)3)28-13-14-29-30(8,9)23(4,5)6/h10-12H,13-14H2,1-9H3. The quantitative estimate of drug-likeness (QED) is 0.339. The van der Waals surface area contributed by atoms with Gasteiger partial charge in [-0.15, -0.1) is 0 Å². The Labute approximate surface area is 181 Å². The number of aryl methyl sites for hydroxylation is 2. The normalized spacial score (nSPS) is 12.0. The monoisotopic (exact) mass is 430 g/mol. The van der Waals surface area contributed by atoms with E-state index in [0.29, 0.717) is 24.8 Å². The van der Waals surface area contributed by atoms with Crippen LogP contribution in [0.3, 0.4) is 0 Å². The van der Waals surface area contributed by atoms with Crippen molar-refractivity contribution in [1.82, 2.24) is 9.97 Å². The van der Waals surface area contributed by atoms with Crippen molar-refractivity contribution < 1.29 is 18.7 Å². The van der Waals surface area contributed by atoms with Crippen LogP contribution in [0, 0.1) is 20.8 Å². The molecule has 0 N–H and O–H groups in total. The highest BCUT2D eigenvalue weighted by Crippen LogP contribution is 2.36. The molecular weight excluding hydrogens is 396 g/mol. The van der Waals surface area contributed by atoms with Gasteiger partial charge in [-0.2, -0.15) is 9.97 Å². The van der Waals surface area contributed by atoms with Crippen LogP contribution in [-0.4, -0.2) is 44.6 Å². The maximum atomic E-state index is 12.0. The number of aromatic nitrogens is 2. The van der Waals surface area contributed by atoms with Crippen LogP contribution >= 0.6 is 0 Å². The van der Waals surface area contributed by atoms with Gasteiger partial charge in [0, 0.05) is 5.56 Å². The van der Waals surface area contributed by atoms with Gasteiger partial charge in [0.25, 0.3) is 0 Å². The van der Waals surface area contributed by atoms with Gasteiger partial charge in [0.15, 0.2) is 8.32 Å². The third kappa shape index (κ3) is 5.26. The SMILES string of the molecule is COC(=O)c1cccc(-c2c(C)nc(OCCO[Si](C)(C)C(C)(C)C)nc2C)c1C. The van der Waals surface area contributed by atoms with Gasteiger partial charge in [0.2, 0.25) is 0 Å². The average molecular weight is 431 g/mol. The minimum atomic E-state index is -1.80. The molecule has 0 saturated heterocycles. The van der Waals surface area contributed by atoms with E-state index in [1.54, 1.807) is 6.07 Å². The van der Waals surface area contributed by atoms with Gasteiger partial charge in [0.1, 0.15) is 6.61 Å². The molecule has 1 heterocycles. The molecule has 0 spiro atoms. The van der Waals surface area contributed by atoms with E-state index < -0.39 is 8.32 Å². The lowest BCUT2D eigenvalue weighted by atomic mass is 9.94. The first-order chi connectivity index (χ1) is 13.9. The highest BCUT2D eigenvalue weighted by molar-refractivity contribution is 6.74. The summed E-state index contributed by atoms with van der Waals surface area (Å²) in [5.41, 5.74) is 4.80. The topological polar surface area (TPSA) is 70.5 Å². The minimum Gasteiger partial charge on any atom is -0.465 e. The van der Waals surface area contributed by atoms with E-state index >= 15 is 0 Å². The van der Waals surface area contributed by atoms with E-state index in [4.69, 9.17) is 13.9 Å². The van der Waals surface area contributed by atoms with E-state index in [1.807, 2.05) is 32.9 Å². The van der Waals surface area contributed by atoms with Crippen LogP contribution in [0.1, 0.15) is 48.1 Å². The average Bonchev–Trinajstić information content (AvgIpc) is 2.64. The summed E-state index contributed by atoms with van der Waals surface area (Å²) in [6.45, 7) is 17.8. The Morgan fingerprint density at radius 3 is 2.17 bits per heavy atom. The van der Waals surface area contributed by atoms with Crippen LogP contribution in [0.5, 0.6) is 6.01 Å². The van der Waals surface area contributed by atoms with Crippen molar-refractivity contribution in [3.8, 4) is 17.1 Å². The lowest BCUT2D eigenvalue weighted by molar-refractivity contribution is 0.0600. The number of esters is 1. The van der Waals surface area contributed by atoms with E-state index in [0.717, 1.165) is 28.1 Å². The van der Waals surface area contributed by atoms with E-state index in [2.05, 4.69) is 43.8 Å². The van der Waals surface area contributed by atoms with Crippen molar-refractivity contribution in [2.45, 2.75) is 59.7 Å². The predicted octanol–water partition coefficient (Wildman–Crippen LogP) is 5.26. The Kier molecular flexibility index (Phi) is 7.42. The van der Waals surface area contributed by atoms with Crippen molar-refractivity contribution in [2.24, 2.45) is 0 Å². The molecule has 2 rings (SSSR count). The van der Waals surface area contributed by atoms with Crippen LogP contribution in [0.4, 0.5) is 0 Å². The molecule has 0 aliphatic heterocycles. The van der Waals surface area contributed by atoms with Gasteiger partial charge in [-0.25, -0.2) is 4.79 Å². The summed E-state index contributed by atoms with van der Waals surface area (Å²) >= 11 is 0. The summed E-state index contributed by atoms with van der Waals surface area (Å²) in [6.07, 6.45) is 0. The van der Waals surface area contributed by atoms with Gasteiger partial charge in [0.05, 0.1) is 30.7 Å². The molecule has 1 aromatic carbocycles. The predicted molar refractivity (Wildman–Crippen MR) is 122 cm³/mol. The van der Waals surface area contributed by atoms with E-state index in [1.165, 1.54) is 7.11 Å². The van der Waals surface area contributed by atoms with E-state index in [-0.39, 0.29) is 11.0 Å². The first kappa shape index (κ1) is 24.0. The molecular formula is C23H34N2O4Si. The second-order valence-corrected chi connectivity index (χ2v) is 13.8. The molecule has 0 fully saturated rings. The zero-order chi connectivity index (χ0) is 22.7. The molecule has 0 aliphatic carbocycles. The maximum absolute atomic E-state index is 12.0. The van der Waals surface area contributed by atoms with E-state index in [9.17, 15) is 4.79 Å². The highest BCUT2D eigenvalue weighted by atomic mass is 28.4. The largest absolute Gasteiger partial charge is 0.465 e. The Balaban J connectivity index is 2.18. The van der Waals surface area contributed by atoms with Crippen LogP contribution in [0.25, 0.3) is 11.1 Å². The number of hydrogen-bond donors (Lipinski definition) is 0. The Bertz CT molecular complexity index is 897. The zero-order valence-corrected chi connectivity index (χ0v) is 20.7. The third-order valence-corrected chi connectivity index (χ3v) is 10.4. The zero-order valence-electron chi connectivity index (χ0n) is 19.7. The molecule has 164 valence electrons. The molecule has 0 amide bonds. The fourth-order valence-corrected chi connectivity index (χ4v) is 4.05. The van der Waals surface area contributed by atoms with Crippen LogP contribution in [0.15, 0.2) is 18.2 Å². The fraction of sp³-hybridized carbons (Fsp3) is 0.522. The van der Waals surface area contributed by atoms with Crippen LogP contribution < -0.4 is 4.74 Å². The fourth-order valence-electron chi connectivity index (χ4n) is 3.02. The lowest BCUT2D eigenvalue weighted by Crippen LogP contribution is -2.41. The smallest absolute Gasteiger partial charge is 0.338 e. The molecule has 2 aromatic rings. The first-order valence-corrected chi connectivity index (χ1v) is 13.1. The second kappa shape index (κ2) is 9.26. The molecule has 0 saturated carbocycles. The highest BCUT2D eigenvalue weighted by Gasteiger charge is 2.36. The summed E-state index contributed by atoms with van der Waals surface area (Å²) in [7, 11) is -0.417. The van der Waals surface area contributed by atoms with Crippen LogP contribution in [0.2, 0.25) is 18.1 Å². The van der Waals surface area contributed by atoms with Gasteiger partial charge < -0.3 is 13.9 Å². The summed E-state index contributed by atoms with van der Waals surface area (Å²) < 4.78 is 16.8. The van der Waals surface area contributed by atoms with Gasteiger partial charge in [-0.3, -0.25) is 0 Å². The number of ether oxygens (including phenoxy) is 2. The third-order valence-electron chi connectivity index (χ3n) is 5.84. The molecule has 0 atom stereocenters. The summed E-state index contributed by atoms with van der Waals surface area (Å²) in [5, 5.41) is 0.162. The number of benzene rings is 1. The Hall–Kier alpha value is -2.25. The Morgan fingerprint density at radius 1 is 1.03 bits per heavy atom. The summed E-state index contributed by atoms with van der Waals surface area (Å²) in [6, 6.07) is 5.91. The molecule has 30 heavy (non-hydrogen) atoms. The molecule has 0 radical (unpaired) electrons. The molecule has 6 nitrogen and oxygen atoms in total. The van der Waals surface area contributed by atoms with Gasteiger partial charge in [-0.1, -0.05) is 32.9 Å². The van der Waals surface area contributed by atoms with Crippen molar-refractivity contribution in [3.05, 3.63) is 40.7 Å². The Morgan fingerprint density at radius 2 is 1.63 bits per heavy atom. The van der Waals surface area contributed by atoms with Crippen LogP contribution in [-0.2, 0) is 9.16 Å². The number of rotatable bonds is 7. The maximum Gasteiger partial charge on any atom is 0.338 e. The number of hydrogen-bond acceptors (Lipinski definition) is 6. The molecule has 1 aromatic heterocycles. The number of carbonyl (C=O) groups is 1. The first-order valence-electron chi connectivity index (χ1n) is 10.2. The van der Waals surface area contributed by atoms with Crippen molar-refractivity contribution >= 4 is 14.3 Å². The minimum absolute atomic E-state index is 0.162. The number of nitrogens with zero attached hydrogens (tertiary/aromatic N) is 2. The molecule has 7 heteroatoms. The van der Waals surface area contributed by atoms with Gasteiger partial charge >= 0.3 is 12.0 Å². The lowest BCUT2D eigenvalue weighted by Gasteiger charge is -2.36. The number of methoxy groups -OCH3 is 1. The van der Waals surface area contributed by atoms with Crippen molar-refractivity contribution in [1.29, 1.82) is 0 Å².